The summed E-state index contributed by atoms with van der Waals surface area (Å²) >= 11 is 14.6. The molecule has 0 aliphatic carbocycles. The lowest BCUT2D eigenvalue weighted by Crippen LogP contribution is -2.11. The fourth-order valence-corrected chi connectivity index (χ4v) is 1.78. The average Bonchev–Trinajstić information content (AvgIpc) is 2.03. The lowest BCUT2D eigenvalue weighted by molar-refractivity contribution is 0.407. The van der Waals surface area contributed by atoms with Crippen molar-refractivity contribution >= 4 is 59.4 Å². The molecule has 0 spiro atoms. The van der Waals surface area contributed by atoms with E-state index in [0.29, 0.717) is 0 Å². The molecule has 13 heavy (non-hydrogen) atoms. The van der Waals surface area contributed by atoms with Gasteiger partial charge in [0.05, 0.1) is 4.83 Å². The van der Waals surface area contributed by atoms with Crippen molar-refractivity contribution in [2.45, 2.75) is 8.86 Å². The van der Waals surface area contributed by atoms with Gasteiger partial charge in [-0.3, -0.25) is 0 Å². The smallest absolute Gasteiger partial charge is 0.212 e. The Morgan fingerprint density at radius 3 is 2.15 bits per heavy atom. The van der Waals surface area contributed by atoms with E-state index in [9.17, 15) is 4.39 Å². The molecule has 0 aliphatic rings. The Morgan fingerprint density at radius 2 is 1.77 bits per heavy atom. The second-order valence-electron chi connectivity index (χ2n) is 2.46. The Balaban J connectivity index is 2.90. The molecule has 1 rings (SSSR count). The molecule has 72 valence electrons. The van der Waals surface area contributed by atoms with Crippen LogP contribution in [0.15, 0.2) is 28.7 Å². The highest BCUT2D eigenvalue weighted by Gasteiger charge is 2.33. The number of hydrogen-bond acceptors (Lipinski definition) is 0. The summed E-state index contributed by atoms with van der Waals surface area (Å²) in [6, 6.07) is 7.25. The third kappa shape index (κ3) is 3.50. The van der Waals surface area contributed by atoms with Gasteiger partial charge in [0.25, 0.3) is 4.04 Å². The molecular formula is C8H5Br3ClF. The third-order valence-electron chi connectivity index (χ3n) is 1.45. The van der Waals surface area contributed by atoms with Gasteiger partial charge in [-0.2, -0.15) is 0 Å². The van der Waals surface area contributed by atoms with Crippen LogP contribution < -0.4 is 0 Å². The van der Waals surface area contributed by atoms with Crippen molar-refractivity contribution in [3.05, 3.63) is 34.3 Å². The number of halogens is 5. The maximum Gasteiger partial charge on any atom is 0.254 e. The van der Waals surface area contributed by atoms with Gasteiger partial charge in [-0.05, 0) is 33.6 Å². The van der Waals surface area contributed by atoms with Crippen molar-refractivity contribution in [3.63, 3.8) is 0 Å². The Bertz CT molecular complexity index is 280. The van der Waals surface area contributed by atoms with E-state index in [1.54, 1.807) is 12.1 Å². The molecule has 0 amide bonds. The molecule has 0 unspecified atom stereocenters. The van der Waals surface area contributed by atoms with Crippen LogP contribution in [0.3, 0.4) is 0 Å². The first kappa shape index (κ1) is 12.0. The highest BCUT2D eigenvalue weighted by atomic mass is 79.9. The van der Waals surface area contributed by atoms with Crippen LogP contribution in [0.4, 0.5) is 4.39 Å². The molecule has 1 aromatic rings. The molecule has 0 aromatic heterocycles. The molecule has 0 N–H and O–H groups in total. The SMILES string of the molecule is F[C@](Cl)(Br)[C@H](Br)c1ccc(Br)cc1. The van der Waals surface area contributed by atoms with E-state index in [0.717, 1.165) is 10.0 Å². The van der Waals surface area contributed by atoms with Crippen LogP contribution in [0.25, 0.3) is 0 Å². The van der Waals surface area contributed by atoms with Gasteiger partial charge in [-0.25, -0.2) is 4.39 Å². The molecule has 0 heterocycles. The third-order valence-corrected chi connectivity index (χ3v) is 4.69. The van der Waals surface area contributed by atoms with Crippen molar-refractivity contribution in [2.24, 2.45) is 0 Å². The summed E-state index contributed by atoms with van der Waals surface area (Å²) in [5, 5.41) is 0. The molecule has 2 atom stereocenters. The van der Waals surface area contributed by atoms with Gasteiger partial charge in [-0.15, -0.1) is 0 Å². The molecule has 0 radical (unpaired) electrons. The fourth-order valence-electron chi connectivity index (χ4n) is 0.821. The van der Waals surface area contributed by atoms with Crippen molar-refractivity contribution in [3.8, 4) is 0 Å². The van der Waals surface area contributed by atoms with Gasteiger partial charge in [-0.1, -0.05) is 55.6 Å². The minimum atomic E-state index is -1.96. The molecule has 0 bridgehead atoms. The topological polar surface area (TPSA) is 0 Å². The van der Waals surface area contributed by atoms with E-state index in [-0.39, 0.29) is 0 Å². The van der Waals surface area contributed by atoms with Gasteiger partial charge in [0, 0.05) is 4.47 Å². The second-order valence-corrected chi connectivity index (χ2v) is 6.45. The highest BCUT2D eigenvalue weighted by Crippen LogP contribution is 2.44. The van der Waals surface area contributed by atoms with E-state index in [4.69, 9.17) is 11.6 Å². The van der Waals surface area contributed by atoms with Gasteiger partial charge in [0.15, 0.2) is 0 Å². The number of rotatable bonds is 2. The molecule has 0 aliphatic heterocycles. The van der Waals surface area contributed by atoms with Gasteiger partial charge in [0.2, 0.25) is 0 Å². The van der Waals surface area contributed by atoms with Crippen LogP contribution in [-0.2, 0) is 0 Å². The number of alkyl halides is 4. The van der Waals surface area contributed by atoms with Crippen molar-refractivity contribution in [1.29, 1.82) is 0 Å². The summed E-state index contributed by atoms with van der Waals surface area (Å²) in [6.45, 7) is 0. The van der Waals surface area contributed by atoms with Gasteiger partial charge < -0.3 is 0 Å². The molecular weight excluding hydrogens is 390 g/mol. The molecule has 5 heteroatoms. The maximum absolute atomic E-state index is 13.2. The predicted octanol–water partition coefficient (Wildman–Crippen LogP) is 5.14. The monoisotopic (exact) mass is 392 g/mol. The van der Waals surface area contributed by atoms with Crippen LogP contribution in [0.1, 0.15) is 10.4 Å². The van der Waals surface area contributed by atoms with Crippen molar-refractivity contribution in [1.82, 2.24) is 0 Å². The Hall–Kier alpha value is 0.880. The first-order chi connectivity index (χ1) is 5.91. The summed E-state index contributed by atoms with van der Waals surface area (Å²) < 4.78 is 12.2. The highest BCUT2D eigenvalue weighted by molar-refractivity contribution is 9.12. The van der Waals surface area contributed by atoms with Crippen LogP contribution in [0, 0.1) is 0 Å². The van der Waals surface area contributed by atoms with Crippen molar-refractivity contribution < 1.29 is 4.39 Å². The summed E-state index contributed by atoms with van der Waals surface area (Å²) in [5.41, 5.74) is 0.776. The first-order valence-corrected chi connectivity index (χ1v) is 6.25. The Labute approximate surface area is 106 Å². The number of hydrogen-bond donors (Lipinski definition) is 0. The lowest BCUT2D eigenvalue weighted by Gasteiger charge is -2.17. The van der Waals surface area contributed by atoms with E-state index in [1.165, 1.54) is 0 Å². The zero-order chi connectivity index (χ0) is 10.1. The minimum absolute atomic E-state index is 0.574. The quantitative estimate of drug-likeness (QED) is 0.609. The van der Waals surface area contributed by atoms with Crippen LogP contribution in [0.5, 0.6) is 0 Å². The summed E-state index contributed by atoms with van der Waals surface area (Å²) in [4.78, 5) is -0.574. The lowest BCUT2D eigenvalue weighted by atomic mass is 10.2. The summed E-state index contributed by atoms with van der Waals surface area (Å²) in [7, 11) is 0. The van der Waals surface area contributed by atoms with E-state index in [2.05, 4.69) is 47.8 Å². The Morgan fingerprint density at radius 1 is 1.31 bits per heavy atom. The summed E-state index contributed by atoms with van der Waals surface area (Å²) in [5.74, 6) is 0. The predicted molar refractivity (Wildman–Crippen MR) is 64.4 cm³/mol. The van der Waals surface area contributed by atoms with Gasteiger partial charge in [0.1, 0.15) is 0 Å². The zero-order valence-electron chi connectivity index (χ0n) is 6.28. The normalized spacial score (nSPS) is 17.9. The van der Waals surface area contributed by atoms with Gasteiger partial charge >= 0.3 is 0 Å². The standard InChI is InChI=1S/C8H5Br3ClF/c9-6-3-1-5(2-4-6)7(10)8(11,12)13/h1-4,7H/t7-,8+/m1/s1. The zero-order valence-corrected chi connectivity index (χ0v) is 11.8. The van der Waals surface area contributed by atoms with Crippen LogP contribution in [0.2, 0.25) is 0 Å². The molecule has 0 nitrogen and oxygen atoms in total. The molecule has 0 fully saturated rings. The molecule has 0 saturated heterocycles. The minimum Gasteiger partial charge on any atom is -0.212 e. The Kier molecular flexibility index (Phi) is 4.23. The van der Waals surface area contributed by atoms with Crippen LogP contribution >= 0.6 is 59.4 Å². The largest absolute Gasteiger partial charge is 0.254 e. The maximum atomic E-state index is 13.2. The van der Waals surface area contributed by atoms with E-state index in [1.807, 2.05) is 12.1 Å². The van der Waals surface area contributed by atoms with E-state index < -0.39 is 8.86 Å². The van der Waals surface area contributed by atoms with E-state index >= 15 is 0 Å². The fraction of sp³-hybridized carbons (Fsp3) is 0.250. The second kappa shape index (κ2) is 4.60. The average molecular weight is 395 g/mol. The first-order valence-electron chi connectivity index (χ1n) is 3.37. The van der Waals surface area contributed by atoms with Crippen molar-refractivity contribution in [2.75, 3.05) is 0 Å². The summed E-state index contributed by atoms with van der Waals surface area (Å²) in [6.07, 6.45) is 0. The molecule has 0 saturated carbocycles. The number of benzene rings is 1. The van der Waals surface area contributed by atoms with Crippen LogP contribution in [-0.4, -0.2) is 4.04 Å². The molecule has 1 aromatic carbocycles.